The molecule has 1 rings (SSSR count). The van der Waals surface area contributed by atoms with E-state index < -0.39 is 0 Å². The van der Waals surface area contributed by atoms with Crippen LogP contribution in [0.4, 0.5) is 0 Å². The number of hydrogen-bond donors (Lipinski definition) is 1. The molecule has 0 aliphatic heterocycles. The lowest BCUT2D eigenvalue weighted by Gasteiger charge is -2.26. The highest BCUT2D eigenvalue weighted by molar-refractivity contribution is 9.09. The van der Waals surface area contributed by atoms with Gasteiger partial charge in [0, 0.05) is 11.4 Å². The van der Waals surface area contributed by atoms with Crippen molar-refractivity contribution in [1.29, 1.82) is 0 Å². The molecular weight excluding hydrogens is 382 g/mol. The molecular formula is C20H32BrNO3. The average molecular weight is 414 g/mol. The summed E-state index contributed by atoms with van der Waals surface area (Å²) in [6.07, 6.45) is 7.17. The number of alkyl halides is 1. The van der Waals surface area contributed by atoms with Gasteiger partial charge in [0.05, 0.1) is 19.6 Å². The molecule has 0 saturated heterocycles. The fourth-order valence-corrected chi connectivity index (χ4v) is 3.24. The number of hydrogen-bond acceptors (Lipinski definition) is 4. The van der Waals surface area contributed by atoms with Crippen LogP contribution >= 0.6 is 15.9 Å². The number of unbranched alkanes of at least 4 members (excludes halogenated alkanes) is 3. The van der Waals surface area contributed by atoms with Gasteiger partial charge in [0.15, 0.2) is 0 Å². The van der Waals surface area contributed by atoms with Crippen molar-refractivity contribution in [2.75, 3.05) is 12.4 Å². The molecule has 2 unspecified atom stereocenters. The van der Waals surface area contributed by atoms with Gasteiger partial charge < -0.3 is 4.74 Å². The predicted molar refractivity (Wildman–Crippen MR) is 105 cm³/mol. The third-order valence-corrected chi connectivity index (χ3v) is 4.88. The van der Waals surface area contributed by atoms with Crippen LogP contribution in [0.3, 0.4) is 0 Å². The lowest BCUT2D eigenvalue weighted by Crippen LogP contribution is -2.40. The molecule has 0 aromatic heterocycles. The van der Waals surface area contributed by atoms with E-state index in [2.05, 4.69) is 28.3 Å². The van der Waals surface area contributed by atoms with Crippen LogP contribution in [0.2, 0.25) is 0 Å². The van der Waals surface area contributed by atoms with E-state index in [4.69, 9.17) is 9.57 Å². The summed E-state index contributed by atoms with van der Waals surface area (Å²) in [5.41, 5.74) is 4.26. The summed E-state index contributed by atoms with van der Waals surface area (Å²) in [6, 6.07) is 10.0. The maximum Gasteiger partial charge on any atom is 0.310 e. The Morgan fingerprint density at radius 3 is 2.52 bits per heavy atom. The van der Waals surface area contributed by atoms with E-state index in [1.54, 1.807) is 0 Å². The molecule has 1 N–H and O–H groups in total. The van der Waals surface area contributed by atoms with Gasteiger partial charge in [-0.3, -0.25) is 9.63 Å². The molecule has 25 heavy (non-hydrogen) atoms. The van der Waals surface area contributed by atoms with Crippen molar-refractivity contribution in [3.8, 4) is 0 Å². The highest BCUT2D eigenvalue weighted by Crippen LogP contribution is 2.20. The molecule has 0 radical (unpaired) electrons. The Kier molecular flexibility index (Phi) is 12.6. The lowest BCUT2D eigenvalue weighted by molar-refractivity contribution is -0.149. The molecule has 1 aromatic rings. The SMILES string of the molecule is CCCCC(C(=O)OC)C(CCCCCBr)NOCc1ccccc1. The van der Waals surface area contributed by atoms with Gasteiger partial charge in [-0.25, -0.2) is 0 Å². The molecule has 2 atom stereocenters. The first-order chi connectivity index (χ1) is 12.2. The van der Waals surface area contributed by atoms with Gasteiger partial charge in [0.25, 0.3) is 0 Å². The van der Waals surface area contributed by atoms with Crippen LogP contribution in [0, 0.1) is 5.92 Å². The van der Waals surface area contributed by atoms with Crippen molar-refractivity contribution in [2.24, 2.45) is 5.92 Å². The molecule has 1 aromatic carbocycles. The Labute approximate surface area is 160 Å². The molecule has 0 saturated carbocycles. The maximum absolute atomic E-state index is 12.3. The first-order valence-corrected chi connectivity index (χ1v) is 10.4. The second-order valence-electron chi connectivity index (χ2n) is 6.31. The Balaban J connectivity index is 2.62. The summed E-state index contributed by atoms with van der Waals surface area (Å²) in [4.78, 5) is 18.0. The van der Waals surface area contributed by atoms with Gasteiger partial charge in [-0.2, -0.15) is 5.48 Å². The van der Waals surface area contributed by atoms with Crippen molar-refractivity contribution in [3.05, 3.63) is 35.9 Å². The highest BCUT2D eigenvalue weighted by Gasteiger charge is 2.28. The summed E-state index contributed by atoms with van der Waals surface area (Å²) in [6.45, 7) is 2.62. The normalized spacial score (nSPS) is 13.4. The second-order valence-corrected chi connectivity index (χ2v) is 7.10. The van der Waals surface area contributed by atoms with Gasteiger partial charge in [0.2, 0.25) is 0 Å². The predicted octanol–water partition coefficient (Wildman–Crippen LogP) is 5.01. The number of carbonyl (C=O) groups excluding carboxylic acids is 1. The van der Waals surface area contributed by atoms with Crippen molar-refractivity contribution in [1.82, 2.24) is 5.48 Å². The number of carbonyl (C=O) groups is 1. The zero-order valence-electron chi connectivity index (χ0n) is 15.5. The van der Waals surface area contributed by atoms with Crippen molar-refractivity contribution in [3.63, 3.8) is 0 Å². The minimum atomic E-state index is -0.162. The molecule has 4 nitrogen and oxygen atoms in total. The second kappa shape index (κ2) is 14.3. The molecule has 0 spiro atoms. The summed E-state index contributed by atoms with van der Waals surface area (Å²) in [5, 5.41) is 1.02. The largest absolute Gasteiger partial charge is 0.469 e. The average Bonchev–Trinajstić information content (AvgIpc) is 2.65. The topological polar surface area (TPSA) is 47.6 Å². The van der Waals surface area contributed by atoms with Crippen LogP contribution in [-0.4, -0.2) is 24.5 Å². The van der Waals surface area contributed by atoms with Crippen LogP contribution in [0.5, 0.6) is 0 Å². The van der Waals surface area contributed by atoms with Gasteiger partial charge in [-0.05, 0) is 24.8 Å². The molecule has 0 fully saturated rings. The third kappa shape index (κ3) is 9.38. The number of nitrogens with one attached hydrogen (secondary N) is 1. The summed E-state index contributed by atoms with van der Waals surface area (Å²) >= 11 is 3.47. The standard InChI is InChI=1S/C20H32BrNO3/c1-3-4-13-18(20(23)24-2)19(14-9-6-10-15-21)22-25-16-17-11-7-5-8-12-17/h5,7-8,11-12,18-19,22H,3-4,6,9-10,13-16H2,1-2H3. The van der Waals surface area contributed by atoms with Crippen LogP contribution in [0.25, 0.3) is 0 Å². The molecule has 0 heterocycles. The molecule has 0 bridgehead atoms. The van der Waals surface area contributed by atoms with Crippen molar-refractivity contribution >= 4 is 21.9 Å². The minimum absolute atomic E-state index is 0.0157. The number of rotatable bonds is 14. The number of halogens is 1. The monoisotopic (exact) mass is 413 g/mol. The summed E-state index contributed by atoms with van der Waals surface area (Å²) < 4.78 is 5.04. The van der Waals surface area contributed by atoms with Gasteiger partial charge >= 0.3 is 5.97 Å². The van der Waals surface area contributed by atoms with E-state index >= 15 is 0 Å². The van der Waals surface area contributed by atoms with Crippen LogP contribution < -0.4 is 5.48 Å². The first-order valence-electron chi connectivity index (χ1n) is 9.28. The molecule has 0 aliphatic carbocycles. The smallest absolute Gasteiger partial charge is 0.310 e. The van der Waals surface area contributed by atoms with Crippen LogP contribution in [0.15, 0.2) is 30.3 Å². The molecule has 0 amide bonds. The summed E-state index contributed by atoms with van der Waals surface area (Å²) in [5.74, 6) is -0.306. The first kappa shape index (κ1) is 22.1. The Hall–Kier alpha value is -0.910. The molecule has 5 heteroatoms. The van der Waals surface area contributed by atoms with E-state index in [0.717, 1.165) is 55.8 Å². The molecule has 142 valence electrons. The number of esters is 1. The Bertz CT molecular complexity index is 456. The van der Waals surface area contributed by atoms with E-state index in [-0.39, 0.29) is 17.9 Å². The summed E-state index contributed by atoms with van der Waals surface area (Å²) in [7, 11) is 1.47. The van der Waals surface area contributed by atoms with Gasteiger partial charge in [-0.1, -0.05) is 78.9 Å². The maximum atomic E-state index is 12.3. The lowest BCUT2D eigenvalue weighted by atomic mass is 9.90. The van der Waals surface area contributed by atoms with Gasteiger partial charge in [-0.15, -0.1) is 0 Å². The quantitative estimate of drug-likeness (QED) is 0.201. The highest BCUT2D eigenvalue weighted by atomic mass is 79.9. The fraction of sp³-hybridized carbons (Fsp3) is 0.650. The Morgan fingerprint density at radius 1 is 1.12 bits per heavy atom. The number of ether oxygens (including phenoxy) is 1. The number of benzene rings is 1. The van der Waals surface area contributed by atoms with Crippen molar-refractivity contribution < 1.29 is 14.4 Å². The van der Waals surface area contributed by atoms with Crippen LogP contribution in [-0.2, 0) is 21.0 Å². The van der Waals surface area contributed by atoms with E-state index in [0.29, 0.717) is 6.61 Å². The van der Waals surface area contributed by atoms with E-state index in [1.165, 1.54) is 7.11 Å². The molecule has 0 aliphatic rings. The van der Waals surface area contributed by atoms with Gasteiger partial charge in [0.1, 0.15) is 0 Å². The zero-order chi connectivity index (χ0) is 18.3. The zero-order valence-corrected chi connectivity index (χ0v) is 17.1. The fourth-order valence-electron chi connectivity index (χ4n) is 2.84. The van der Waals surface area contributed by atoms with E-state index in [9.17, 15) is 4.79 Å². The van der Waals surface area contributed by atoms with Crippen LogP contribution in [0.1, 0.15) is 57.4 Å². The minimum Gasteiger partial charge on any atom is -0.469 e. The third-order valence-electron chi connectivity index (χ3n) is 4.32. The number of hydroxylamine groups is 1. The van der Waals surface area contributed by atoms with E-state index in [1.807, 2.05) is 30.3 Å². The number of methoxy groups -OCH3 is 1. The Morgan fingerprint density at radius 2 is 1.88 bits per heavy atom. The van der Waals surface area contributed by atoms with Crippen molar-refractivity contribution in [2.45, 2.75) is 64.5 Å².